The number of hydrogen-bond acceptors (Lipinski definition) is 8. The zero-order valence-electron chi connectivity index (χ0n) is 18.8. The number of para-hydroxylation sites is 2. The molecule has 8 heteroatoms. The van der Waals surface area contributed by atoms with Crippen LogP contribution in [0.2, 0.25) is 0 Å². The van der Waals surface area contributed by atoms with Crippen LogP contribution in [0.3, 0.4) is 0 Å². The Morgan fingerprint density at radius 3 is 2.67 bits per heavy atom. The van der Waals surface area contributed by atoms with Gasteiger partial charge in [0.15, 0.2) is 11.6 Å². The first-order valence-electron chi connectivity index (χ1n) is 11.7. The third-order valence-electron chi connectivity index (χ3n) is 6.48. The summed E-state index contributed by atoms with van der Waals surface area (Å²) in [6, 6.07) is 10.3. The van der Waals surface area contributed by atoms with Crippen molar-refractivity contribution in [2.75, 3.05) is 29.9 Å². The highest BCUT2D eigenvalue weighted by Crippen LogP contribution is 2.40. The minimum Gasteiger partial charge on any atom is -0.466 e. The maximum Gasteiger partial charge on any atom is 0.309 e. The monoisotopic (exact) mass is 461 g/mol. The van der Waals surface area contributed by atoms with Gasteiger partial charge in [0, 0.05) is 18.0 Å². The molecule has 1 fully saturated rings. The number of benzene rings is 1. The number of piperidine rings is 1. The Morgan fingerprint density at radius 2 is 1.94 bits per heavy atom. The molecule has 0 spiro atoms. The summed E-state index contributed by atoms with van der Waals surface area (Å²) in [6.45, 7) is 3.66. The number of hydrogen-bond donors (Lipinski definition) is 1. The maximum absolute atomic E-state index is 12.2. The molecule has 7 nitrogen and oxygen atoms in total. The van der Waals surface area contributed by atoms with Crippen molar-refractivity contribution in [3.63, 3.8) is 0 Å². The maximum atomic E-state index is 12.2. The topological polar surface area (TPSA) is 91.1 Å². The lowest BCUT2D eigenvalue weighted by molar-refractivity contribution is -0.148. The first-order chi connectivity index (χ1) is 16.2. The third-order valence-corrected chi connectivity index (χ3v) is 7.69. The van der Waals surface area contributed by atoms with E-state index in [9.17, 15) is 10.1 Å². The Balaban J connectivity index is 1.48. The molecular weight excluding hydrogens is 434 g/mol. The van der Waals surface area contributed by atoms with E-state index in [2.05, 4.69) is 16.3 Å². The number of nitrogens with one attached hydrogen (secondary N) is 1. The zero-order chi connectivity index (χ0) is 22.8. The second-order valence-corrected chi connectivity index (χ2v) is 9.65. The van der Waals surface area contributed by atoms with Crippen LogP contribution in [-0.2, 0) is 22.4 Å². The zero-order valence-corrected chi connectivity index (χ0v) is 19.6. The van der Waals surface area contributed by atoms with E-state index in [0.29, 0.717) is 25.5 Å². The summed E-state index contributed by atoms with van der Waals surface area (Å²) in [4.78, 5) is 25.5. The van der Waals surface area contributed by atoms with Gasteiger partial charge in [0.05, 0.1) is 29.1 Å². The van der Waals surface area contributed by atoms with Gasteiger partial charge in [0.1, 0.15) is 11.1 Å². The predicted molar refractivity (Wildman–Crippen MR) is 130 cm³/mol. The van der Waals surface area contributed by atoms with Crippen LogP contribution >= 0.6 is 11.3 Å². The Bertz CT molecular complexity index is 1220. The van der Waals surface area contributed by atoms with Crippen molar-refractivity contribution in [1.82, 2.24) is 9.97 Å². The highest BCUT2D eigenvalue weighted by atomic mass is 32.1. The smallest absolute Gasteiger partial charge is 0.309 e. The lowest BCUT2D eigenvalue weighted by Gasteiger charge is -2.32. The van der Waals surface area contributed by atoms with Gasteiger partial charge in [-0.05, 0) is 63.1 Å². The number of fused-ring (bicyclic) bond motifs is 2. The molecule has 1 saturated heterocycles. The lowest BCUT2D eigenvalue weighted by Crippen LogP contribution is -2.37. The quantitative estimate of drug-likeness (QED) is 0.537. The molecule has 0 atom stereocenters. The Hall–Kier alpha value is -3.18. The molecule has 0 bridgehead atoms. The van der Waals surface area contributed by atoms with Crippen molar-refractivity contribution in [3.8, 4) is 6.07 Å². The molecule has 2 aliphatic rings. The lowest BCUT2D eigenvalue weighted by atomic mass is 9.96. The number of carbonyl (C=O) groups is 1. The Labute approximate surface area is 197 Å². The van der Waals surface area contributed by atoms with Crippen molar-refractivity contribution in [1.29, 1.82) is 5.26 Å². The van der Waals surface area contributed by atoms with Crippen LogP contribution in [0.4, 0.5) is 16.6 Å². The van der Waals surface area contributed by atoms with Crippen molar-refractivity contribution >= 4 is 45.0 Å². The number of nitriles is 1. The predicted octanol–water partition coefficient (Wildman–Crippen LogP) is 4.96. The SMILES string of the molecule is CCOC(=O)C1CCN(c2nc3ccccc3nc2Nc2sc3c(c2C#N)CCCC3)CC1. The molecule has 3 aromatic rings. The molecule has 1 aliphatic carbocycles. The molecule has 2 aromatic heterocycles. The van der Waals surface area contributed by atoms with Crippen LogP contribution in [0.5, 0.6) is 0 Å². The summed E-state index contributed by atoms with van der Waals surface area (Å²) in [5.41, 5.74) is 3.58. The minimum atomic E-state index is -0.108. The van der Waals surface area contributed by atoms with E-state index in [0.717, 1.165) is 59.5 Å². The summed E-state index contributed by atoms with van der Waals surface area (Å²) >= 11 is 1.67. The second-order valence-electron chi connectivity index (χ2n) is 8.55. The third kappa shape index (κ3) is 4.25. The highest BCUT2D eigenvalue weighted by Gasteiger charge is 2.29. The molecule has 5 rings (SSSR count). The number of anilines is 3. The standard InChI is InChI=1S/C25H27N5O2S/c1-2-32-25(31)16-11-13-30(14-12-16)23-22(27-19-8-4-5-9-20(19)28-23)29-24-18(15-26)17-7-3-6-10-21(17)33-24/h4-5,8-9,16H,2-3,6-7,10-14H2,1H3,(H,27,29). The van der Waals surface area contributed by atoms with Gasteiger partial charge >= 0.3 is 5.97 Å². The number of ether oxygens (including phenoxy) is 1. The van der Waals surface area contributed by atoms with E-state index in [1.54, 1.807) is 11.3 Å². The van der Waals surface area contributed by atoms with Crippen LogP contribution in [-0.4, -0.2) is 35.6 Å². The molecule has 0 unspecified atom stereocenters. The summed E-state index contributed by atoms with van der Waals surface area (Å²) in [7, 11) is 0. The van der Waals surface area contributed by atoms with E-state index >= 15 is 0 Å². The van der Waals surface area contributed by atoms with E-state index in [1.165, 1.54) is 16.9 Å². The molecule has 3 heterocycles. The first kappa shape index (κ1) is 21.7. The fourth-order valence-corrected chi connectivity index (χ4v) is 6.00. The van der Waals surface area contributed by atoms with Crippen LogP contribution < -0.4 is 10.2 Å². The first-order valence-corrected chi connectivity index (χ1v) is 12.5. The van der Waals surface area contributed by atoms with Crippen molar-refractivity contribution in [3.05, 3.63) is 40.3 Å². The number of aromatic nitrogens is 2. The van der Waals surface area contributed by atoms with Gasteiger partial charge in [-0.25, -0.2) is 9.97 Å². The molecule has 1 aliphatic heterocycles. The summed E-state index contributed by atoms with van der Waals surface area (Å²) in [6.07, 6.45) is 5.76. The van der Waals surface area contributed by atoms with E-state index in [4.69, 9.17) is 14.7 Å². The number of rotatable bonds is 5. The highest BCUT2D eigenvalue weighted by molar-refractivity contribution is 7.16. The normalized spacial score (nSPS) is 16.3. The summed E-state index contributed by atoms with van der Waals surface area (Å²) < 4.78 is 5.22. The molecule has 0 saturated carbocycles. The average Bonchev–Trinajstić information content (AvgIpc) is 3.21. The number of thiophene rings is 1. The molecule has 0 radical (unpaired) electrons. The Kier molecular flexibility index (Phi) is 6.14. The van der Waals surface area contributed by atoms with Gasteiger partial charge in [-0.1, -0.05) is 12.1 Å². The van der Waals surface area contributed by atoms with Gasteiger partial charge in [0.25, 0.3) is 0 Å². The van der Waals surface area contributed by atoms with Gasteiger partial charge in [-0.15, -0.1) is 11.3 Å². The van der Waals surface area contributed by atoms with Gasteiger partial charge in [0.2, 0.25) is 0 Å². The van der Waals surface area contributed by atoms with Gasteiger partial charge in [-0.2, -0.15) is 5.26 Å². The molecule has 1 aromatic carbocycles. The number of carbonyl (C=O) groups excluding carboxylic acids is 1. The average molecular weight is 462 g/mol. The fourth-order valence-electron chi connectivity index (χ4n) is 4.76. The van der Waals surface area contributed by atoms with Gasteiger partial charge in [-0.3, -0.25) is 4.79 Å². The molecule has 1 N–H and O–H groups in total. The van der Waals surface area contributed by atoms with Crippen molar-refractivity contribution < 1.29 is 9.53 Å². The molecule has 170 valence electrons. The summed E-state index contributed by atoms with van der Waals surface area (Å²) in [5, 5.41) is 14.2. The second kappa shape index (κ2) is 9.36. The Morgan fingerprint density at radius 1 is 1.21 bits per heavy atom. The summed E-state index contributed by atoms with van der Waals surface area (Å²) in [5.74, 6) is 1.26. The van der Waals surface area contributed by atoms with Crippen LogP contribution in [0, 0.1) is 17.2 Å². The molecule has 0 amide bonds. The largest absolute Gasteiger partial charge is 0.466 e. The minimum absolute atomic E-state index is 0.0692. The fraction of sp³-hybridized carbons (Fsp3) is 0.440. The van der Waals surface area contributed by atoms with Crippen LogP contribution in [0.25, 0.3) is 11.0 Å². The van der Waals surface area contributed by atoms with E-state index in [-0.39, 0.29) is 11.9 Å². The van der Waals surface area contributed by atoms with Crippen molar-refractivity contribution in [2.24, 2.45) is 5.92 Å². The number of aryl methyl sites for hydroxylation is 1. The molecular formula is C25H27N5O2S. The van der Waals surface area contributed by atoms with Gasteiger partial charge < -0.3 is 15.0 Å². The molecule has 33 heavy (non-hydrogen) atoms. The van der Waals surface area contributed by atoms with E-state index in [1.807, 2.05) is 31.2 Å². The number of esters is 1. The van der Waals surface area contributed by atoms with E-state index < -0.39 is 0 Å². The van der Waals surface area contributed by atoms with Crippen LogP contribution in [0.15, 0.2) is 24.3 Å². The van der Waals surface area contributed by atoms with Crippen molar-refractivity contribution in [2.45, 2.75) is 45.4 Å². The van der Waals surface area contributed by atoms with Crippen LogP contribution in [0.1, 0.15) is 48.6 Å². The number of nitrogens with zero attached hydrogens (tertiary/aromatic N) is 4.